The molecule has 1 heterocycles. The number of aromatic carboxylic acids is 1. The molecule has 1 aromatic carbocycles. The monoisotopic (exact) mass is 263 g/mol. The van der Waals surface area contributed by atoms with Crippen LogP contribution in [0, 0.1) is 0 Å². The Bertz CT molecular complexity index is 549. The molecule has 1 aromatic heterocycles. The van der Waals surface area contributed by atoms with Crippen LogP contribution in [-0.2, 0) is 0 Å². The summed E-state index contributed by atoms with van der Waals surface area (Å²) in [5.74, 6) is 0.176. The van der Waals surface area contributed by atoms with Crippen molar-refractivity contribution in [1.29, 1.82) is 0 Å². The van der Waals surface area contributed by atoms with Crippen molar-refractivity contribution in [3.8, 4) is 0 Å². The lowest BCUT2D eigenvalue weighted by molar-refractivity contribution is 0.0697. The Morgan fingerprint density at radius 1 is 1.33 bits per heavy atom. The highest BCUT2D eigenvalue weighted by atomic mass is 32.1. The highest BCUT2D eigenvalue weighted by Gasteiger charge is 2.08. The Hall–Kier alpha value is -1.95. The van der Waals surface area contributed by atoms with Gasteiger partial charge in [-0.25, -0.2) is 9.78 Å². The van der Waals surface area contributed by atoms with E-state index in [9.17, 15) is 4.79 Å². The lowest BCUT2D eigenvalue weighted by Gasteiger charge is -2.02. The first kappa shape index (κ1) is 12.5. The molecule has 0 aliphatic rings. The van der Waals surface area contributed by atoms with Gasteiger partial charge in [-0.3, -0.25) is 0 Å². The van der Waals surface area contributed by atoms with Crippen molar-refractivity contribution in [3.05, 3.63) is 35.7 Å². The normalized spacial score (nSPS) is 10.6. The minimum Gasteiger partial charge on any atom is -0.478 e. The zero-order valence-electron chi connectivity index (χ0n) is 10.0. The molecular formula is C12H13N3O2S. The Morgan fingerprint density at radius 2 is 2.00 bits per heavy atom. The average molecular weight is 263 g/mol. The summed E-state index contributed by atoms with van der Waals surface area (Å²) in [5.41, 5.74) is 1.06. The average Bonchev–Trinajstić information content (AvgIpc) is 2.78. The van der Waals surface area contributed by atoms with Crippen molar-refractivity contribution < 1.29 is 9.90 Å². The maximum Gasteiger partial charge on any atom is 0.335 e. The molecule has 2 N–H and O–H groups in total. The maximum atomic E-state index is 10.7. The molecule has 0 fully saturated rings. The van der Waals surface area contributed by atoms with Crippen molar-refractivity contribution in [1.82, 2.24) is 9.36 Å². The van der Waals surface area contributed by atoms with Crippen LogP contribution in [0.4, 0.5) is 10.8 Å². The summed E-state index contributed by atoms with van der Waals surface area (Å²) in [4.78, 5) is 15.1. The van der Waals surface area contributed by atoms with E-state index in [1.54, 1.807) is 24.3 Å². The van der Waals surface area contributed by atoms with Crippen LogP contribution in [0.5, 0.6) is 0 Å². The summed E-state index contributed by atoms with van der Waals surface area (Å²) in [5, 5.41) is 12.6. The first-order valence-electron chi connectivity index (χ1n) is 5.50. The number of rotatable bonds is 4. The molecule has 94 valence electrons. The fourth-order valence-corrected chi connectivity index (χ4v) is 2.07. The van der Waals surface area contributed by atoms with E-state index in [1.165, 1.54) is 11.5 Å². The molecule has 0 saturated heterocycles. The first-order chi connectivity index (χ1) is 8.56. The summed E-state index contributed by atoms with van der Waals surface area (Å²) in [7, 11) is 0. The van der Waals surface area contributed by atoms with Crippen LogP contribution in [0.15, 0.2) is 24.3 Å². The summed E-state index contributed by atoms with van der Waals surface area (Å²) >= 11 is 1.29. The number of nitrogens with one attached hydrogen (secondary N) is 1. The van der Waals surface area contributed by atoms with Crippen molar-refractivity contribution in [2.24, 2.45) is 0 Å². The van der Waals surface area contributed by atoms with Gasteiger partial charge >= 0.3 is 5.97 Å². The van der Waals surface area contributed by atoms with Crippen LogP contribution < -0.4 is 5.32 Å². The SMILES string of the molecule is CC(C)c1nsc(Nc2ccc(C(=O)O)cc2)n1. The maximum absolute atomic E-state index is 10.7. The van der Waals surface area contributed by atoms with Gasteiger partial charge in [-0.1, -0.05) is 13.8 Å². The zero-order valence-corrected chi connectivity index (χ0v) is 10.9. The summed E-state index contributed by atoms with van der Waals surface area (Å²) in [6.45, 7) is 4.07. The summed E-state index contributed by atoms with van der Waals surface area (Å²) in [6, 6.07) is 6.52. The number of benzene rings is 1. The second-order valence-electron chi connectivity index (χ2n) is 4.12. The molecule has 0 amide bonds. The van der Waals surface area contributed by atoms with Crippen molar-refractivity contribution >= 4 is 28.3 Å². The molecule has 0 aliphatic carbocycles. The molecule has 18 heavy (non-hydrogen) atoms. The van der Waals surface area contributed by atoms with Crippen LogP contribution in [0.2, 0.25) is 0 Å². The quantitative estimate of drug-likeness (QED) is 0.886. The Labute approximate surface area is 109 Å². The number of aromatic nitrogens is 2. The molecule has 2 rings (SSSR count). The smallest absolute Gasteiger partial charge is 0.335 e. The third kappa shape index (κ3) is 2.84. The summed E-state index contributed by atoms with van der Waals surface area (Å²) in [6.07, 6.45) is 0. The molecule has 2 aromatic rings. The molecule has 0 aliphatic heterocycles. The highest BCUT2D eigenvalue weighted by molar-refractivity contribution is 7.09. The molecule has 6 heteroatoms. The number of nitrogens with zero attached hydrogens (tertiary/aromatic N) is 2. The predicted molar refractivity (Wildman–Crippen MR) is 70.7 cm³/mol. The number of hydrogen-bond donors (Lipinski definition) is 2. The van der Waals surface area contributed by atoms with Crippen LogP contribution in [0.25, 0.3) is 0 Å². The van der Waals surface area contributed by atoms with Gasteiger partial charge in [0.05, 0.1) is 5.56 Å². The third-order valence-electron chi connectivity index (χ3n) is 2.34. The second-order valence-corrected chi connectivity index (χ2v) is 4.87. The van der Waals surface area contributed by atoms with E-state index < -0.39 is 5.97 Å². The van der Waals surface area contributed by atoms with E-state index in [-0.39, 0.29) is 5.56 Å². The van der Waals surface area contributed by atoms with Gasteiger partial charge in [-0.15, -0.1) is 0 Å². The van der Waals surface area contributed by atoms with Gasteiger partial charge in [-0.05, 0) is 24.3 Å². The lowest BCUT2D eigenvalue weighted by atomic mass is 10.2. The minimum absolute atomic E-state index is 0.265. The highest BCUT2D eigenvalue weighted by Crippen LogP contribution is 2.21. The Morgan fingerprint density at radius 3 is 2.50 bits per heavy atom. The zero-order chi connectivity index (χ0) is 13.1. The largest absolute Gasteiger partial charge is 0.478 e. The fourth-order valence-electron chi connectivity index (χ4n) is 1.34. The number of carboxylic acid groups (broad SMARTS) is 1. The number of carbonyl (C=O) groups is 1. The van der Waals surface area contributed by atoms with E-state index in [0.717, 1.165) is 11.5 Å². The van der Waals surface area contributed by atoms with Gasteiger partial charge in [-0.2, -0.15) is 4.37 Å². The van der Waals surface area contributed by atoms with E-state index in [2.05, 4.69) is 14.7 Å². The van der Waals surface area contributed by atoms with E-state index in [1.807, 2.05) is 13.8 Å². The van der Waals surface area contributed by atoms with Gasteiger partial charge in [0.25, 0.3) is 0 Å². The van der Waals surface area contributed by atoms with Crippen LogP contribution in [-0.4, -0.2) is 20.4 Å². The van der Waals surface area contributed by atoms with Gasteiger partial charge in [0, 0.05) is 23.1 Å². The molecular weight excluding hydrogens is 250 g/mol. The van der Waals surface area contributed by atoms with Gasteiger partial charge in [0.2, 0.25) is 5.13 Å². The Balaban J connectivity index is 2.10. The van der Waals surface area contributed by atoms with Crippen LogP contribution >= 0.6 is 11.5 Å². The van der Waals surface area contributed by atoms with Crippen molar-refractivity contribution in [3.63, 3.8) is 0 Å². The van der Waals surface area contributed by atoms with Gasteiger partial charge in [0.15, 0.2) is 0 Å². The van der Waals surface area contributed by atoms with Gasteiger partial charge < -0.3 is 10.4 Å². The third-order valence-corrected chi connectivity index (χ3v) is 2.99. The Kier molecular flexibility index (Phi) is 3.57. The van der Waals surface area contributed by atoms with Gasteiger partial charge in [0.1, 0.15) is 5.82 Å². The molecule has 0 atom stereocenters. The fraction of sp³-hybridized carbons (Fsp3) is 0.250. The van der Waals surface area contributed by atoms with E-state index in [4.69, 9.17) is 5.11 Å². The molecule has 5 nitrogen and oxygen atoms in total. The molecule has 0 bridgehead atoms. The summed E-state index contributed by atoms with van der Waals surface area (Å²) < 4.78 is 4.23. The van der Waals surface area contributed by atoms with E-state index >= 15 is 0 Å². The van der Waals surface area contributed by atoms with Crippen LogP contribution in [0.3, 0.4) is 0 Å². The van der Waals surface area contributed by atoms with E-state index in [0.29, 0.717) is 11.0 Å². The standard InChI is InChI=1S/C12H13N3O2S/c1-7(2)10-14-12(18-15-10)13-9-5-3-8(4-6-9)11(16)17/h3-7H,1-2H3,(H,16,17)(H,13,14,15). The molecule has 0 unspecified atom stereocenters. The van der Waals surface area contributed by atoms with Crippen LogP contribution in [0.1, 0.15) is 35.9 Å². The minimum atomic E-state index is -0.931. The molecule has 0 radical (unpaired) electrons. The van der Waals surface area contributed by atoms with Crippen molar-refractivity contribution in [2.75, 3.05) is 5.32 Å². The predicted octanol–water partition coefficient (Wildman–Crippen LogP) is 3.10. The number of anilines is 2. The first-order valence-corrected chi connectivity index (χ1v) is 6.27. The topological polar surface area (TPSA) is 75.1 Å². The number of carboxylic acids is 1. The lowest BCUT2D eigenvalue weighted by Crippen LogP contribution is -1.96. The molecule has 0 spiro atoms. The van der Waals surface area contributed by atoms with Crippen molar-refractivity contribution in [2.45, 2.75) is 19.8 Å². The molecule has 0 saturated carbocycles. The number of hydrogen-bond acceptors (Lipinski definition) is 5. The second kappa shape index (κ2) is 5.14.